The Morgan fingerprint density at radius 3 is 3.00 bits per heavy atom. The largest absolute Gasteiger partial charge is 0.381 e. The summed E-state index contributed by atoms with van der Waals surface area (Å²) in [5, 5.41) is 3.14. The smallest absolute Gasteiger partial charge is 0.317 e. The molecule has 0 aromatic heterocycles. The van der Waals surface area contributed by atoms with E-state index in [-0.39, 0.29) is 12.1 Å². The number of ether oxygens (including phenoxy) is 2. The topological polar surface area (TPSA) is 50.8 Å². The van der Waals surface area contributed by atoms with E-state index in [4.69, 9.17) is 9.47 Å². The van der Waals surface area contributed by atoms with Gasteiger partial charge in [0.1, 0.15) is 0 Å². The predicted octanol–water partition coefficient (Wildman–Crippen LogP) is 2.79. The van der Waals surface area contributed by atoms with Crippen LogP contribution in [0.4, 0.5) is 4.79 Å². The molecule has 0 aromatic rings. The number of urea groups is 1. The first-order chi connectivity index (χ1) is 10.7. The lowest BCUT2D eigenvalue weighted by Crippen LogP contribution is -2.48. The van der Waals surface area contributed by atoms with Gasteiger partial charge in [-0.05, 0) is 52.4 Å². The highest BCUT2D eigenvalue weighted by molar-refractivity contribution is 5.74. The number of nitrogens with zero attached hydrogens (tertiary/aromatic N) is 1. The molecule has 2 rings (SSSR count). The van der Waals surface area contributed by atoms with E-state index >= 15 is 0 Å². The van der Waals surface area contributed by atoms with Crippen LogP contribution in [-0.4, -0.2) is 56.0 Å². The number of hydrogen-bond acceptors (Lipinski definition) is 3. The molecule has 0 spiro atoms. The average molecular weight is 312 g/mol. The molecule has 0 bridgehead atoms. The molecule has 0 saturated carbocycles. The van der Waals surface area contributed by atoms with Crippen molar-refractivity contribution in [2.75, 3.05) is 32.9 Å². The molecule has 2 amide bonds. The molecule has 5 nitrogen and oxygen atoms in total. The fourth-order valence-electron chi connectivity index (χ4n) is 3.35. The first-order valence-electron chi connectivity index (χ1n) is 8.93. The molecule has 0 radical (unpaired) electrons. The van der Waals surface area contributed by atoms with Crippen LogP contribution in [0.3, 0.4) is 0 Å². The first kappa shape index (κ1) is 17.5. The predicted molar refractivity (Wildman–Crippen MR) is 87.0 cm³/mol. The van der Waals surface area contributed by atoms with E-state index in [1.165, 1.54) is 19.3 Å². The standard InChI is InChI=1S/C17H32N2O3/c1-3-21-13-15-6-4-10-19(12-15)17(20)18-14(2)8-9-16-7-5-11-22-16/h14-16H,3-13H2,1-2H3,(H,18,20)/t14-,15+,16-/m0/s1. The third-order valence-corrected chi connectivity index (χ3v) is 4.68. The van der Waals surface area contributed by atoms with E-state index in [0.717, 1.165) is 52.2 Å². The van der Waals surface area contributed by atoms with Gasteiger partial charge >= 0.3 is 6.03 Å². The zero-order valence-electron chi connectivity index (χ0n) is 14.2. The van der Waals surface area contributed by atoms with Gasteiger partial charge in [-0.25, -0.2) is 4.79 Å². The number of piperidine rings is 1. The van der Waals surface area contributed by atoms with Crippen molar-refractivity contribution in [1.82, 2.24) is 10.2 Å². The van der Waals surface area contributed by atoms with Gasteiger partial charge in [0.05, 0.1) is 12.7 Å². The van der Waals surface area contributed by atoms with Crippen molar-refractivity contribution in [3.8, 4) is 0 Å². The minimum absolute atomic E-state index is 0.0843. The van der Waals surface area contributed by atoms with Crippen molar-refractivity contribution < 1.29 is 14.3 Å². The molecule has 128 valence electrons. The molecule has 2 aliphatic rings. The Balaban J connectivity index is 1.66. The maximum absolute atomic E-state index is 12.4. The van der Waals surface area contributed by atoms with Crippen molar-refractivity contribution in [3.63, 3.8) is 0 Å². The number of carbonyl (C=O) groups excluding carboxylic acids is 1. The van der Waals surface area contributed by atoms with Gasteiger partial charge in [-0.2, -0.15) is 0 Å². The normalized spacial score (nSPS) is 26.9. The fourth-order valence-corrected chi connectivity index (χ4v) is 3.35. The van der Waals surface area contributed by atoms with Crippen LogP contribution >= 0.6 is 0 Å². The Hall–Kier alpha value is -0.810. The molecule has 1 N–H and O–H groups in total. The molecule has 2 saturated heterocycles. The van der Waals surface area contributed by atoms with Crippen molar-refractivity contribution in [3.05, 3.63) is 0 Å². The third-order valence-electron chi connectivity index (χ3n) is 4.68. The number of carbonyl (C=O) groups is 1. The van der Waals surface area contributed by atoms with E-state index in [1.54, 1.807) is 0 Å². The van der Waals surface area contributed by atoms with E-state index in [1.807, 2.05) is 11.8 Å². The molecule has 5 heteroatoms. The Morgan fingerprint density at radius 2 is 2.27 bits per heavy atom. The summed E-state index contributed by atoms with van der Waals surface area (Å²) < 4.78 is 11.1. The van der Waals surface area contributed by atoms with Crippen LogP contribution in [0.2, 0.25) is 0 Å². The monoisotopic (exact) mass is 312 g/mol. The minimum atomic E-state index is 0.0843. The summed E-state index contributed by atoms with van der Waals surface area (Å²) in [5.74, 6) is 0.488. The van der Waals surface area contributed by atoms with E-state index < -0.39 is 0 Å². The second-order valence-electron chi connectivity index (χ2n) is 6.68. The molecular formula is C17H32N2O3. The van der Waals surface area contributed by atoms with Gasteiger partial charge < -0.3 is 19.7 Å². The lowest BCUT2D eigenvalue weighted by molar-refractivity contribution is 0.0747. The summed E-state index contributed by atoms with van der Waals surface area (Å²) in [4.78, 5) is 14.3. The van der Waals surface area contributed by atoms with E-state index in [0.29, 0.717) is 12.0 Å². The van der Waals surface area contributed by atoms with E-state index in [2.05, 4.69) is 12.2 Å². The number of amides is 2. The molecule has 2 fully saturated rings. The Bertz CT molecular complexity index is 332. The summed E-state index contributed by atoms with van der Waals surface area (Å²) in [6.45, 7) is 8.23. The van der Waals surface area contributed by atoms with Gasteiger partial charge in [0.15, 0.2) is 0 Å². The van der Waals surface area contributed by atoms with Crippen LogP contribution in [-0.2, 0) is 9.47 Å². The summed E-state index contributed by atoms with van der Waals surface area (Å²) in [5.41, 5.74) is 0. The summed E-state index contributed by atoms with van der Waals surface area (Å²) >= 11 is 0. The van der Waals surface area contributed by atoms with Crippen molar-refractivity contribution in [2.24, 2.45) is 5.92 Å². The first-order valence-corrected chi connectivity index (χ1v) is 8.93. The Kier molecular flexibility index (Phi) is 7.46. The van der Waals surface area contributed by atoms with Crippen LogP contribution in [0.5, 0.6) is 0 Å². The summed E-state index contributed by atoms with van der Waals surface area (Å²) in [7, 11) is 0. The lowest BCUT2D eigenvalue weighted by atomic mass is 9.99. The molecule has 0 aromatic carbocycles. The number of likely N-dealkylation sites (tertiary alicyclic amines) is 1. The molecule has 3 atom stereocenters. The van der Waals surface area contributed by atoms with Crippen LogP contribution in [0.15, 0.2) is 0 Å². The SMILES string of the molecule is CCOC[C@@H]1CCCN(C(=O)N[C@@H](C)CC[C@@H]2CCCO2)C1. The molecule has 0 aliphatic carbocycles. The highest BCUT2D eigenvalue weighted by Crippen LogP contribution is 2.19. The van der Waals surface area contributed by atoms with Gasteiger partial charge in [-0.3, -0.25) is 0 Å². The Labute approximate surface area is 134 Å². The molecule has 0 unspecified atom stereocenters. The quantitative estimate of drug-likeness (QED) is 0.786. The van der Waals surface area contributed by atoms with Crippen LogP contribution in [0, 0.1) is 5.92 Å². The highest BCUT2D eigenvalue weighted by Gasteiger charge is 2.25. The summed E-state index contributed by atoms with van der Waals surface area (Å²) in [6.07, 6.45) is 7.05. The Morgan fingerprint density at radius 1 is 1.41 bits per heavy atom. The summed E-state index contributed by atoms with van der Waals surface area (Å²) in [6, 6.07) is 0.296. The number of nitrogens with one attached hydrogen (secondary N) is 1. The van der Waals surface area contributed by atoms with Crippen LogP contribution in [0.25, 0.3) is 0 Å². The fraction of sp³-hybridized carbons (Fsp3) is 0.941. The van der Waals surface area contributed by atoms with Gasteiger partial charge in [-0.1, -0.05) is 0 Å². The van der Waals surface area contributed by atoms with E-state index in [9.17, 15) is 4.79 Å². The molecule has 22 heavy (non-hydrogen) atoms. The minimum Gasteiger partial charge on any atom is -0.381 e. The second kappa shape index (κ2) is 9.36. The molecular weight excluding hydrogens is 280 g/mol. The molecule has 2 aliphatic heterocycles. The van der Waals surface area contributed by atoms with Gasteiger partial charge in [0, 0.05) is 38.3 Å². The maximum atomic E-state index is 12.4. The van der Waals surface area contributed by atoms with Crippen molar-refractivity contribution in [1.29, 1.82) is 0 Å². The zero-order chi connectivity index (χ0) is 15.8. The molecule has 2 heterocycles. The third kappa shape index (κ3) is 5.76. The zero-order valence-corrected chi connectivity index (χ0v) is 14.2. The average Bonchev–Trinajstić information content (AvgIpc) is 3.04. The number of hydrogen-bond donors (Lipinski definition) is 1. The maximum Gasteiger partial charge on any atom is 0.317 e. The van der Waals surface area contributed by atoms with Gasteiger partial charge in [-0.15, -0.1) is 0 Å². The van der Waals surface area contributed by atoms with Crippen molar-refractivity contribution in [2.45, 2.75) is 64.5 Å². The highest BCUT2D eigenvalue weighted by atomic mass is 16.5. The van der Waals surface area contributed by atoms with Crippen molar-refractivity contribution >= 4 is 6.03 Å². The number of rotatable bonds is 7. The van der Waals surface area contributed by atoms with Gasteiger partial charge in [0.2, 0.25) is 0 Å². The second-order valence-corrected chi connectivity index (χ2v) is 6.68. The van der Waals surface area contributed by atoms with Crippen LogP contribution < -0.4 is 5.32 Å². The van der Waals surface area contributed by atoms with Gasteiger partial charge in [0.25, 0.3) is 0 Å². The lowest BCUT2D eigenvalue weighted by Gasteiger charge is -2.33. The van der Waals surface area contributed by atoms with Crippen LogP contribution in [0.1, 0.15) is 52.4 Å².